The fraction of sp³-hybridized carbons (Fsp3) is 0.385. The van der Waals surface area contributed by atoms with Crippen LogP contribution in [0.15, 0.2) is 24.3 Å². The van der Waals surface area contributed by atoms with Crippen molar-refractivity contribution in [1.82, 2.24) is 20.2 Å². The molecule has 1 aromatic carbocycles. The van der Waals surface area contributed by atoms with Crippen LogP contribution in [0.3, 0.4) is 0 Å². The molecule has 1 amide bonds. The largest absolute Gasteiger partial charge is 0.330 e. The summed E-state index contributed by atoms with van der Waals surface area (Å²) in [6, 6.07) is 7.38. The summed E-state index contributed by atoms with van der Waals surface area (Å²) in [7, 11) is 0. The number of hydrogen-bond donors (Lipinski definition) is 2. The third kappa shape index (κ3) is 3.18. The van der Waals surface area contributed by atoms with Crippen LogP contribution in [0.2, 0.25) is 0 Å². The molecular weight excluding hydrogens is 256 g/mol. The maximum absolute atomic E-state index is 12.0. The summed E-state index contributed by atoms with van der Waals surface area (Å²) in [5, 5.41) is 14.2. The number of tetrazole rings is 1. The number of aromatic nitrogens is 4. The zero-order valence-corrected chi connectivity index (χ0v) is 11.6. The monoisotopic (exact) mass is 274 g/mol. The number of carbonyl (C=O) groups excluding carboxylic acids is 1. The molecule has 0 bridgehead atoms. The Morgan fingerprint density at radius 1 is 1.50 bits per heavy atom. The number of hydrogen-bond acceptors (Lipinski definition) is 5. The van der Waals surface area contributed by atoms with Gasteiger partial charge in [-0.05, 0) is 48.5 Å². The number of nitrogens with one attached hydrogen (secondary N) is 1. The first-order valence-electron chi connectivity index (χ1n) is 6.48. The molecular formula is C13H18N6O. The van der Waals surface area contributed by atoms with Crippen LogP contribution in [0.4, 0.5) is 5.69 Å². The highest BCUT2D eigenvalue weighted by Gasteiger charge is 2.12. The fourth-order valence-electron chi connectivity index (χ4n) is 1.83. The van der Waals surface area contributed by atoms with Gasteiger partial charge in [0.2, 0.25) is 5.91 Å². The van der Waals surface area contributed by atoms with E-state index in [-0.39, 0.29) is 11.8 Å². The van der Waals surface area contributed by atoms with Gasteiger partial charge < -0.3 is 11.1 Å². The highest BCUT2D eigenvalue weighted by molar-refractivity contribution is 5.92. The highest BCUT2D eigenvalue weighted by atomic mass is 16.1. The van der Waals surface area contributed by atoms with Crippen molar-refractivity contribution in [2.75, 3.05) is 11.9 Å². The summed E-state index contributed by atoms with van der Waals surface area (Å²) < 4.78 is 1.61. The normalized spacial score (nSPS) is 12.2. The number of rotatable bonds is 5. The molecule has 7 nitrogen and oxygen atoms in total. The van der Waals surface area contributed by atoms with E-state index in [0.717, 1.165) is 5.69 Å². The van der Waals surface area contributed by atoms with Crippen molar-refractivity contribution in [3.8, 4) is 5.69 Å². The van der Waals surface area contributed by atoms with E-state index in [2.05, 4.69) is 20.8 Å². The lowest BCUT2D eigenvalue weighted by atomic mass is 10.1. The van der Waals surface area contributed by atoms with Crippen LogP contribution in [-0.4, -0.2) is 32.7 Å². The lowest BCUT2D eigenvalue weighted by Gasteiger charge is -2.12. The van der Waals surface area contributed by atoms with Crippen LogP contribution < -0.4 is 11.1 Å². The maximum Gasteiger partial charge on any atom is 0.227 e. The van der Waals surface area contributed by atoms with Crippen molar-refractivity contribution in [3.05, 3.63) is 30.1 Å². The molecule has 2 aromatic rings. The minimum Gasteiger partial charge on any atom is -0.330 e. The van der Waals surface area contributed by atoms with E-state index in [4.69, 9.17) is 5.73 Å². The number of carbonyl (C=O) groups is 1. The van der Waals surface area contributed by atoms with Crippen LogP contribution in [-0.2, 0) is 4.79 Å². The quantitative estimate of drug-likeness (QED) is 0.843. The SMILES string of the molecule is Cc1nnnn1-c1cccc(NC(=O)C(C)CCN)c1. The Morgan fingerprint density at radius 3 is 2.95 bits per heavy atom. The van der Waals surface area contributed by atoms with Gasteiger partial charge in [0.05, 0.1) is 5.69 Å². The van der Waals surface area contributed by atoms with Crippen LogP contribution in [0.25, 0.3) is 5.69 Å². The predicted molar refractivity (Wildman–Crippen MR) is 75.4 cm³/mol. The second-order valence-corrected chi connectivity index (χ2v) is 4.66. The van der Waals surface area contributed by atoms with Gasteiger partial charge in [-0.1, -0.05) is 13.0 Å². The lowest BCUT2D eigenvalue weighted by molar-refractivity contribution is -0.119. The summed E-state index contributed by atoms with van der Waals surface area (Å²) in [6.45, 7) is 4.17. The van der Waals surface area contributed by atoms with Crippen LogP contribution in [0.5, 0.6) is 0 Å². The summed E-state index contributed by atoms with van der Waals surface area (Å²) in [5.74, 6) is 0.532. The Morgan fingerprint density at radius 2 is 2.30 bits per heavy atom. The molecule has 0 aliphatic heterocycles. The second-order valence-electron chi connectivity index (χ2n) is 4.66. The predicted octanol–water partition coefficient (Wildman–Crippen LogP) is 0.894. The first-order valence-corrected chi connectivity index (χ1v) is 6.48. The Bertz CT molecular complexity index is 594. The molecule has 1 unspecified atom stereocenters. The molecule has 20 heavy (non-hydrogen) atoms. The summed E-state index contributed by atoms with van der Waals surface area (Å²) in [6.07, 6.45) is 0.664. The van der Waals surface area contributed by atoms with Gasteiger partial charge >= 0.3 is 0 Å². The van der Waals surface area contributed by atoms with E-state index in [1.54, 1.807) is 4.68 Å². The fourth-order valence-corrected chi connectivity index (χ4v) is 1.83. The Kier molecular flexibility index (Phi) is 4.41. The van der Waals surface area contributed by atoms with Crippen molar-refractivity contribution >= 4 is 11.6 Å². The summed E-state index contributed by atoms with van der Waals surface area (Å²) >= 11 is 0. The number of aryl methyl sites for hydroxylation is 1. The standard InChI is InChI=1S/C13H18N6O/c1-9(6-7-14)13(20)15-11-4-3-5-12(8-11)19-10(2)16-17-18-19/h3-5,8-9H,6-7,14H2,1-2H3,(H,15,20). The molecule has 0 spiro atoms. The molecule has 0 fully saturated rings. The minimum absolute atomic E-state index is 0.0407. The van der Waals surface area contributed by atoms with Crippen molar-refractivity contribution in [1.29, 1.82) is 0 Å². The summed E-state index contributed by atoms with van der Waals surface area (Å²) in [5.41, 5.74) is 6.98. The number of nitrogens with two attached hydrogens (primary N) is 1. The van der Waals surface area contributed by atoms with Gasteiger partial charge in [-0.15, -0.1) is 5.10 Å². The van der Waals surface area contributed by atoms with Gasteiger partial charge in [0, 0.05) is 11.6 Å². The van der Waals surface area contributed by atoms with Gasteiger partial charge in [-0.2, -0.15) is 4.68 Å². The first kappa shape index (κ1) is 14.1. The molecule has 0 radical (unpaired) electrons. The molecule has 2 rings (SSSR count). The second kappa shape index (κ2) is 6.25. The number of amides is 1. The Labute approximate surface area is 117 Å². The topological polar surface area (TPSA) is 98.7 Å². The molecule has 0 aliphatic rings. The molecule has 0 aliphatic carbocycles. The third-order valence-corrected chi connectivity index (χ3v) is 3.03. The molecule has 1 aromatic heterocycles. The van der Waals surface area contributed by atoms with Gasteiger partial charge in [0.15, 0.2) is 5.82 Å². The maximum atomic E-state index is 12.0. The zero-order chi connectivity index (χ0) is 14.5. The average molecular weight is 274 g/mol. The molecule has 7 heteroatoms. The van der Waals surface area contributed by atoms with E-state index in [0.29, 0.717) is 24.5 Å². The molecule has 3 N–H and O–H groups in total. The van der Waals surface area contributed by atoms with Gasteiger partial charge in [0.1, 0.15) is 0 Å². The average Bonchev–Trinajstić information content (AvgIpc) is 2.85. The first-order chi connectivity index (χ1) is 9.61. The van der Waals surface area contributed by atoms with E-state index >= 15 is 0 Å². The van der Waals surface area contributed by atoms with E-state index in [1.807, 2.05) is 38.1 Å². The smallest absolute Gasteiger partial charge is 0.227 e. The Balaban J connectivity index is 2.15. The highest BCUT2D eigenvalue weighted by Crippen LogP contribution is 2.16. The zero-order valence-electron chi connectivity index (χ0n) is 11.6. The molecule has 0 saturated carbocycles. The van der Waals surface area contributed by atoms with Crippen molar-refractivity contribution in [2.24, 2.45) is 11.7 Å². The lowest BCUT2D eigenvalue weighted by Crippen LogP contribution is -2.22. The van der Waals surface area contributed by atoms with E-state index in [9.17, 15) is 4.79 Å². The van der Waals surface area contributed by atoms with E-state index < -0.39 is 0 Å². The number of benzene rings is 1. The van der Waals surface area contributed by atoms with Crippen molar-refractivity contribution in [2.45, 2.75) is 20.3 Å². The van der Waals surface area contributed by atoms with Crippen LogP contribution >= 0.6 is 0 Å². The minimum atomic E-state index is -0.113. The number of anilines is 1. The molecule has 1 atom stereocenters. The van der Waals surface area contributed by atoms with Crippen molar-refractivity contribution in [3.63, 3.8) is 0 Å². The van der Waals surface area contributed by atoms with Crippen LogP contribution in [0, 0.1) is 12.8 Å². The van der Waals surface area contributed by atoms with Gasteiger partial charge in [-0.25, -0.2) is 0 Å². The summed E-state index contributed by atoms with van der Waals surface area (Å²) in [4.78, 5) is 12.0. The third-order valence-electron chi connectivity index (χ3n) is 3.03. The van der Waals surface area contributed by atoms with Crippen molar-refractivity contribution < 1.29 is 4.79 Å². The molecule has 1 heterocycles. The molecule has 0 saturated heterocycles. The van der Waals surface area contributed by atoms with E-state index in [1.165, 1.54) is 0 Å². The molecule has 106 valence electrons. The van der Waals surface area contributed by atoms with Crippen LogP contribution in [0.1, 0.15) is 19.2 Å². The number of nitrogens with zero attached hydrogens (tertiary/aromatic N) is 4. The van der Waals surface area contributed by atoms with Gasteiger partial charge in [0.25, 0.3) is 0 Å². The Hall–Kier alpha value is -2.28. The van der Waals surface area contributed by atoms with Gasteiger partial charge in [-0.3, -0.25) is 4.79 Å².